The van der Waals surface area contributed by atoms with Gasteiger partial charge >= 0.3 is 0 Å². The third-order valence-corrected chi connectivity index (χ3v) is 2.26. The summed E-state index contributed by atoms with van der Waals surface area (Å²) < 4.78 is 5.24. The Morgan fingerprint density at radius 2 is 1.87 bits per heavy atom. The standard InChI is InChI=1S/C13H13O2/c1-2-13(14)15-12-8-7-10-5-3-4-6-11(10)9-12/h3-9,14H,2H2,1H3. The molecular formula is C13H13O2. The monoisotopic (exact) mass is 201 g/mol. The van der Waals surface area contributed by atoms with Crippen LogP contribution in [0.4, 0.5) is 0 Å². The maximum atomic E-state index is 9.28. The fourth-order valence-corrected chi connectivity index (χ4v) is 1.44. The van der Waals surface area contributed by atoms with Crippen LogP contribution in [0.2, 0.25) is 0 Å². The van der Waals surface area contributed by atoms with Gasteiger partial charge in [-0.3, -0.25) is 0 Å². The highest BCUT2D eigenvalue weighted by Crippen LogP contribution is 2.22. The van der Waals surface area contributed by atoms with E-state index in [1.165, 1.54) is 5.39 Å². The minimum Gasteiger partial charge on any atom is -0.455 e. The summed E-state index contributed by atoms with van der Waals surface area (Å²) in [6.45, 7) is 1.84. The van der Waals surface area contributed by atoms with E-state index in [0.29, 0.717) is 12.2 Å². The van der Waals surface area contributed by atoms with Gasteiger partial charge in [0.25, 0.3) is 6.29 Å². The van der Waals surface area contributed by atoms with Gasteiger partial charge in [0, 0.05) is 6.42 Å². The van der Waals surface area contributed by atoms with E-state index in [0.717, 1.165) is 5.39 Å². The SMILES string of the molecule is CC[C](O)Oc1ccc2ccccc2c1. The van der Waals surface area contributed by atoms with Gasteiger partial charge in [-0.25, -0.2) is 0 Å². The van der Waals surface area contributed by atoms with Crippen LogP contribution in [-0.2, 0) is 0 Å². The fourth-order valence-electron chi connectivity index (χ4n) is 1.44. The Morgan fingerprint density at radius 3 is 2.60 bits per heavy atom. The largest absolute Gasteiger partial charge is 0.455 e. The average molecular weight is 201 g/mol. The van der Waals surface area contributed by atoms with E-state index >= 15 is 0 Å². The predicted molar refractivity (Wildman–Crippen MR) is 60.0 cm³/mol. The van der Waals surface area contributed by atoms with Crippen molar-refractivity contribution >= 4 is 10.8 Å². The van der Waals surface area contributed by atoms with Crippen molar-refractivity contribution in [2.24, 2.45) is 0 Å². The second-order valence-electron chi connectivity index (χ2n) is 3.36. The van der Waals surface area contributed by atoms with Gasteiger partial charge in [-0.15, -0.1) is 0 Å². The second kappa shape index (κ2) is 4.32. The van der Waals surface area contributed by atoms with Gasteiger partial charge in [0.05, 0.1) is 0 Å². The molecule has 1 radical (unpaired) electrons. The number of hydrogen-bond donors (Lipinski definition) is 1. The van der Waals surface area contributed by atoms with Gasteiger partial charge in [-0.2, -0.15) is 0 Å². The topological polar surface area (TPSA) is 29.5 Å². The van der Waals surface area contributed by atoms with Crippen molar-refractivity contribution in [2.75, 3.05) is 0 Å². The molecule has 0 amide bonds. The molecule has 2 aromatic carbocycles. The molecule has 0 aliphatic heterocycles. The zero-order valence-corrected chi connectivity index (χ0v) is 8.60. The molecule has 0 saturated heterocycles. The van der Waals surface area contributed by atoms with Crippen LogP contribution in [0, 0.1) is 6.29 Å². The minimum absolute atomic E-state index is 0.0466. The molecule has 2 rings (SSSR count). The molecule has 2 heteroatoms. The van der Waals surface area contributed by atoms with E-state index in [-0.39, 0.29) is 6.29 Å². The van der Waals surface area contributed by atoms with Crippen molar-refractivity contribution in [3.63, 3.8) is 0 Å². The molecule has 0 aliphatic carbocycles. The second-order valence-corrected chi connectivity index (χ2v) is 3.36. The Bertz CT molecular complexity index is 451. The van der Waals surface area contributed by atoms with E-state index < -0.39 is 0 Å². The lowest BCUT2D eigenvalue weighted by atomic mass is 10.1. The molecule has 0 spiro atoms. The highest BCUT2D eigenvalue weighted by Gasteiger charge is 2.04. The molecule has 0 atom stereocenters. The third-order valence-electron chi connectivity index (χ3n) is 2.26. The van der Waals surface area contributed by atoms with Gasteiger partial charge in [0.15, 0.2) is 0 Å². The van der Waals surface area contributed by atoms with Gasteiger partial charge in [-0.05, 0) is 22.9 Å². The minimum atomic E-state index is 0.0466. The Labute approximate surface area is 89.1 Å². The summed E-state index contributed by atoms with van der Waals surface area (Å²) in [5, 5.41) is 11.6. The smallest absolute Gasteiger partial charge is 0.273 e. The fraction of sp³-hybridized carbons (Fsp3) is 0.154. The molecule has 2 aromatic rings. The Hall–Kier alpha value is -1.54. The van der Waals surface area contributed by atoms with Crippen LogP contribution in [0.15, 0.2) is 42.5 Å². The van der Waals surface area contributed by atoms with Crippen molar-refractivity contribution in [3.8, 4) is 5.75 Å². The highest BCUT2D eigenvalue weighted by molar-refractivity contribution is 5.83. The molecule has 0 heterocycles. The van der Waals surface area contributed by atoms with Crippen LogP contribution in [0.5, 0.6) is 5.75 Å². The van der Waals surface area contributed by atoms with E-state index in [4.69, 9.17) is 4.74 Å². The predicted octanol–water partition coefficient (Wildman–Crippen LogP) is 3.49. The Morgan fingerprint density at radius 1 is 1.13 bits per heavy atom. The lowest BCUT2D eigenvalue weighted by molar-refractivity contribution is 0.0965. The van der Waals surface area contributed by atoms with Crippen LogP contribution in [-0.4, -0.2) is 5.11 Å². The van der Waals surface area contributed by atoms with Crippen LogP contribution in [0.1, 0.15) is 13.3 Å². The van der Waals surface area contributed by atoms with E-state index in [2.05, 4.69) is 0 Å². The first-order chi connectivity index (χ1) is 7.29. The molecule has 0 aliphatic rings. The Kier molecular flexibility index (Phi) is 2.88. The lowest BCUT2D eigenvalue weighted by Gasteiger charge is -2.09. The maximum absolute atomic E-state index is 9.28. The maximum Gasteiger partial charge on any atom is 0.273 e. The van der Waals surface area contributed by atoms with Gasteiger partial charge in [0.2, 0.25) is 0 Å². The summed E-state index contributed by atoms with van der Waals surface area (Å²) >= 11 is 0. The molecule has 1 N–H and O–H groups in total. The van der Waals surface area contributed by atoms with E-state index in [1.54, 1.807) is 0 Å². The van der Waals surface area contributed by atoms with Gasteiger partial charge < -0.3 is 9.84 Å². The number of benzene rings is 2. The molecule has 0 unspecified atom stereocenters. The number of ether oxygens (including phenoxy) is 1. The molecule has 0 saturated carbocycles. The summed E-state index contributed by atoms with van der Waals surface area (Å²) in [7, 11) is 0. The van der Waals surface area contributed by atoms with Crippen LogP contribution >= 0.6 is 0 Å². The number of rotatable bonds is 3. The van der Waals surface area contributed by atoms with Crippen molar-refractivity contribution < 1.29 is 9.84 Å². The average Bonchev–Trinajstić information content (AvgIpc) is 2.29. The summed E-state index contributed by atoms with van der Waals surface area (Å²) in [5.74, 6) is 0.674. The zero-order valence-electron chi connectivity index (χ0n) is 8.60. The molecule has 0 bridgehead atoms. The molecule has 77 valence electrons. The van der Waals surface area contributed by atoms with Crippen molar-refractivity contribution in [2.45, 2.75) is 13.3 Å². The van der Waals surface area contributed by atoms with Crippen molar-refractivity contribution in [3.05, 3.63) is 48.8 Å². The summed E-state index contributed by atoms with van der Waals surface area (Å²) in [5.41, 5.74) is 0. The normalized spacial score (nSPS) is 10.9. The molecular weight excluding hydrogens is 188 g/mol. The first-order valence-corrected chi connectivity index (χ1v) is 5.01. The lowest BCUT2D eigenvalue weighted by Crippen LogP contribution is -2.03. The molecule has 0 aromatic heterocycles. The van der Waals surface area contributed by atoms with Crippen LogP contribution in [0.3, 0.4) is 0 Å². The number of hydrogen-bond acceptors (Lipinski definition) is 2. The number of fused-ring (bicyclic) bond motifs is 1. The van der Waals surface area contributed by atoms with E-state index in [9.17, 15) is 5.11 Å². The summed E-state index contributed by atoms with van der Waals surface area (Å²) in [6.07, 6.45) is 0.553. The number of aliphatic hydroxyl groups is 1. The van der Waals surface area contributed by atoms with Crippen LogP contribution in [0.25, 0.3) is 10.8 Å². The highest BCUT2D eigenvalue weighted by atomic mass is 16.6. The molecule has 0 fully saturated rings. The third kappa shape index (κ3) is 2.28. The summed E-state index contributed by atoms with van der Waals surface area (Å²) in [4.78, 5) is 0. The zero-order chi connectivity index (χ0) is 10.7. The first-order valence-electron chi connectivity index (χ1n) is 5.01. The molecule has 15 heavy (non-hydrogen) atoms. The van der Waals surface area contributed by atoms with Crippen LogP contribution < -0.4 is 4.74 Å². The molecule has 2 nitrogen and oxygen atoms in total. The Balaban J connectivity index is 2.30. The van der Waals surface area contributed by atoms with Gasteiger partial charge in [0.1, 0.15) is 5.75 Å². The first kappa shape index (κ1) is 9.99. The van der Waals surface area contributed by atoms with Crippen molar-refractivity contribution in [1.29, 1.82) is 0 Å². The van der Waals surface area contributed by atoms with Crippen molar-refractivity contribution in [1.82, 2.24) is 0 Å². The number of aliphatic hydroxyl groups excluding tert-OH is 1. The summed E-state index contributed by atoms with van der Waals surface area (Å²) in [6, 6.07) is 13.8. The quantitative estimate of drug-likeness (QED) is 0.823. The van der Waals surface area contributed by atoms with Gasteiger partial charge in [-0.1, -0.05) is 37.3 Å². The van der Waals surface area contributed by atoms with E-state index in [1.807, 2.05) is 49.4 Å².